The van der Waals surface area contributed by atoms with Crippen molar-refractivity contribution in [2.45, 2.75) is 37.5 Å². The highest BCUT2D eigenvalue weighted by molar-refractivity contribution is 5.92. The van der Waals surface area contributed by atoms with Gasteiger partial charge in [-0.25, -0.2) is 9.59 Å². The zero-order valence-corrected chi connectivity index (χ0v) is 30.4. The molecule has 4 rings (SSSR count). The van der Waals surface area contributed by atoms with Gasteiger partial charge in [-0.3, -0.25) is 24.3 Å². The van der Waals surface area contributed by atoms with Crippen molar-refractivity contribution in [3.63, 3.8) is 0 Å². The second-order valence-corrected chi connectivity index (χ2v) is 12.3. The number of amides is 3. The van der Waals surface area contributed by atoms with Gasteiger partial charge in [-0.2, -0.15) is 0 Å². The van der Waals surface area contributed by atoms with E-state index in [0.29, 0.717) is 25.7 Å². The van der Waals surface area contributed by atoms with Crippen molar-refractivity contribution < 1.29 is 48.5 Å². The van der Waals surface area contributed by atoms with Gasteiger partial charge in [0.05, 0.1) is 25.7 Å². The summed E-state index contributed by atoms with van der Waals surface area (Å²) in [6, 6.07) is 22.5. The summed E-state index contributed by atoms with van der Waals surface area (Å²) in [5.74, 6) is -2.57. The van der Waals surface area contributed by atoms with Gasteiger partial charge in [0, 0.05) is 12.5 Å². The van der Waals surface area contributed by atoms with Crippen molar-refractivity contribution in [1.82, 2.24) is 20.9 Å². The largest absolute Gasteiger partial charge is 0.480 e. The maximum atomic E-state index is 12.9. The molecule has 3 amide bonds. The lowest BCUT2D eigenvalue weighted by Crippen LogP contribution is -2.49. The molecule has 0 bridgehead atoms. The molecule has 0 spiro atoms. The number of likely N-dealkylation sites (N-methyl/N-ethyl adjacent to an activating group) is 1. The molecule has 0 aliphatic heterocycles. The summed E-state index contributed by atoms with van der Waals surface area (Å²) in [5.41, 5.74) is 15.0. The van der Waals surface area contributed by atoms with Crippen molar-refractivity contribution in [2.24, 2.45) is 16.5 Å². The quantitative estimate of drug-likeness (QED) is 0.0391. The van der Waals surface area contributed by atoms with Gasteiger partial charge in [0.15, 0.2) is 11.7 Å². The van der Waals surface area contributed by atoms with Crippen LogP contribution in [0.2, 0.25) is 0 Å². The minimum Gasteiger partial charge on any atom is -0.480 e. The van der Waals surface area contributed by atoms with Crippen LogP contribution in [0.15, 0.2) is 83.9 Å². The molecule has 3 aromatic carbocycles. The molecule has 3 aromatic rings. The first kappa shape index (κ1) is 43.1. The van der Waals surface area contributed by atoms with Crippen LogP contribution in [0.3, 0.4) is 0 Å². The van der Waals surface area contributed by atoms with Crippen LogP contribution in [-0.4, -0.2) is 116 Å². The van der Waals surface area contributed by atoms with Gasteiger partial charge in [-0.1, -0.05) is 78.9 Å². The van der Waals surface area contributed by atoms with E-state index in [1.165, 1.54) is 0 Å². The minimum atomic E-state index is -1.41. The van der Waals surface area contributed by atoms with Gasteiger partial charge in [0.2, 0.25) is 5.91 Å². The van der Waals surface area contributed by atoms with E-state index in [9.17, 15) is 39.0 Å². The number of nitrogens with two attached hydrogens (primary N) is 2. The molecule has 1 aliphatic carbocycles. The number of fused-ring (bicyclic) bond motifs is 3. The second kappa shape index (κ2) is 22.7. The second-order valence-electron chi connectivity index (χ2n) is 12.3. The number of aldehydes is 1. The zero-order valence-electron chi connectivity index (χ0n) is 30.4. The average Bonchev–Trinajstić information content (AvgIpc) is 3.49. The van der Waals surface area contributed by atoms with Crippen LogP contribution in [-0.2, 0) is 35.3 Å². The predicted octanol–water partition coefficient (Wildman–Crippen LogP) is 1.12. The summed E-state index contributed by atoms with van der Waals surface area (Å²) in [6.45, 7) is -1.75. The maximum absolute atomic E-state index is 12.9. The van der Waals surface area contributed by atoms with Crippen LogP contribution in [0, 0.1) is 0 Å². The van der Waals surface area contributed by atoms with Gasteiger partial charge < -0.3 is 51.9 Å². The molecule has 0 heterocycles. The molecule has 55 heavy (non-hydrogen) atoms. The van der Waals surface area contributed by atoms with Crippen molar-refractivity contribution in [1.29, 1.82) is 0 Å². The number of nitrogens with one attached hydrogen (secondary N) is 3. The summed E-state index contributed by atoms with van der Waals surface area (Å²) in [4.78, 5) is 75.6. The van der Waals surface area contributed by atoms with Crippen molar-refractivity contribution >= 4 is 42.1 Å². The van der Waals surface area contributed by atoms with Gasteiger partial charge in [0.25, 0.3) is 0 Å². The molecule has 0 saturated heterocycles. The van der Waals surface area contributed by atoms with E-state index in [-0.39, 0.29) is 37.5 Å². The molecule has 9 N–H and O–H groups in total. The Hall–Kier alpha value is -6.33. The Labute approximate surface area is 318 Å². The SMILES string of the molecule is CNCC(=O)N[C@H](C=O)CCCN=C(N)N.O=C(O)CN(CC(=O)[C@@H](CO)NC(=O)OCc1ccccc1)C(=O)OCC1c2ccccc2-c2ccccc21. The fourth-order valence-electron chi connectivity index (χ4n) is 5.58. The van der Waals surface area contributed by atoms with Crippen LogP contribution in [0.1, 0.15) is 35.4 Å². The Balaban J connectivity index is 0.000000429. The monoisotopic (exact) mass is 761 g/mol. The normalized spacial score (nSPS) is 12.3. The van der Waals surface area contributed by atoms with E-state index < -0.39 is 55.7 Å². The molecule has 0 radical (unpaired) electrons. The number of ketones is 1. The molecule has 2 atom stereocenters. The number of nitrogens with zero attached hydrogens (tertiary/aromatic N) is 2. The number of benzene rings is 3. The van der Waals surface area contributed by atoms with Crippen LogP contribution in [0.25, 0.3) is 11.1 Å². The topological polar surface area (TPSA) is 265 Å². The molecule has 17 heteroatoms. The molecule has 1 aliphatic rings. The number of Topliss-reactive ketones (excluding diaryl/α,β-unsaturated/α-hetero) is 1. The number of ether oxygens (including phenoxy) is 2. The smallest absolute Gasteiger partial charge is 0.410 e. The molecule has 294 valence electrons. The number of hydrogen-bond acceptors (Lipinski definition) is 11. The Morgan fingerprint density at radius 2 is 1.51 bits per heavy atom. The van der Waals surface area contributed by atoms with E-state index in [4.69, 9.17) is 20.9 Å². The van der Waals surface area contributed by atoms with Gasteiger partial charge in [0.1, 0.15) is 32.1 Å². The summed E-state index contributed by atoms with van der Waals surface area (Å²) in [6.07, 6.45) is -0.0758. The maximum Gasteiger partial charge on any atom is 0.410 e. The Kier molecular flexibility index (Phi) is 17.8. The number of aliphatic hydroxyl groups is 1. The number of carbonyl (C=O) groups excluding carboxylic acids is 5. The van der Waals surface area contributed by atoms with Crippen molar-refractivity contribution in [3.8, 4) is 11.1 Å². The first-order valence-corrected chi connectivity index (χ1v) is 17.3. The summed E-state index contributed by atoms with van der Waals surface area (Å²) in [5, 5.41) is 26.5. The number of carboxylic acid groups (broad SMARTS) is 1. The third-order valence-electron chi connectivity index (χ3n) is 8.16. The molecular formula is C38H47N7O10. The van der Waals surface area contributed by atoms with E-state index in [1.807, 2.05) is 54.6 Å². The van der Waals surface area contributed by atoms with E-state index in [0.717, 1.165) is 32.7 Å². The Bertz CT molecular complexity index is 1740. The van der Waals surface area contributed by atoms with E-state index in [1.54, 1.807) is 31.3 Å². The van der Waals surface area contributed by atoms with Crippen LogP contribution in [0.4, 0.5) is 9.59 Å². The number of rotatable bonds is 19. The molecule has 0 fully saturated rings. The standard InChI is InChI=1S/C29H28N2O8.C9H19N5O2/c32-16-25(30-28(36)38-17-19-8-2-1-3-9-19)26(33)14-31(15-27(34)35)29(37)39-18-24-22-12-6-4-10-20(22)21-11-5-7-13-23(21)24;1-12-5-8(16)14-7(6-15)3-2-4-13-9(10)11/h1-13,24-25,32H,14-18H2,(H,30,36)(H,34,35);6-7,12H,2-5H2,1H3,(H,14,16)(H4,10,11,13)/t25-;7-/m10/s1. The lowest BCUT2D eigenvalue weighted by Gasteiger charge is -2.23. The van der Waals surface area contributed by atoms with Crippen LogP contribution >= 0.6 is 0 Å². The Morgan fingerprint density at radius 1 is 0.891 bits per heavy atom. The van der Waals surface area contributed by atoms with E-state index in [2.05, 4.69) is 20.9 Å². The number of alkyl carbamates (subject to hydrolysis) is 1. The number of aliphatic imine (C=N–C) groups is 1. The highest BCUT2D eigenvalue weighted by Gasteiger charge is 2.31. The summed E-state index contributed by atoms with van der Waals surface area (Å²) >= 11 is 0. The lowest BCUT2D eigenvalue weighted by atomic mass is 9.98. The molecule has 0 aromatic heterocycles. The highest BCUT2D eigenvalue weighted by Crippen LogP contribution is 2.44. The first-order chi connectivity index (χ1) is 26.5. The predicted molar refractivity (Wildman–Crippen MR) is 202 cm³/mol. The fraction of sp³-hybridized carbons (Fsp3) is 0.342. The number of aliphatic carboxylic acids is 1. The first-order valence-electron chi connectivity index (χ1n) is 17.3. The fourth-order valence-corrected chi connectivity index (χ4v) is 5.58. The molecular weight excluding hydrogens is 714 g/mol. The van der Waals surface area contributed by atoms with Gasteiger partial charge in [-0.15, -0.1) is 0 Å². The number of hydrogen-bond donors (Lipinski definition) is 7. The number of aliphatic hydroxyl groups excluding tert-OH is 1. The highest BCUT2D eigenvalue weighted by atomic mass is 16.6. The van der Waals surface area contributed by atoms with E-state index >= 15 is 0 Å². The number of guanidine groups is 1. The molecule has 17 nitrogen and oxygen atoms in total. The number of carbonyl (C=O) groups is 6. The Morgan fingerprint density at radius 3 is 2.07 bits per heavy atom. The van der Waals surface area contributed by atoms with Gasteiger partial charge >= 0.3 is 18.2 Å². The van der Waals surface area contributed by atoms with Crippen molar-refractivity contribution in [3.05, 3.63) is 95.6 Å². The third kappa shape index (κ3) is 14.2. The molecule has 0 saturated carbocycles. The van der Waals surface area contributed by atoms with Crippen molar-refractivity contribution in [2.75, 3.05) is 46.4 Å². The zero-order chi connectivity index (χ0) is 40.2. The summed E-state index contributed by atoms with van der Waals surface area (Å²) in [7, 11) is 1.66. The summed E-state index contributed by atoms with van der Waals surface area (Å²) < 4.78 is 10.6. The minimum absolute atomic E-state index is 0.0295. The average molecular weight is 762 g/mol. The molecule has 0 unspecified atom stereocenters. The third-order valence-corrected chi connectivity index (χ3v) is 8.16. The number of carboxylic acids is 1. The van der Waals surface area contributed by atoms with Gasteiger partial charge in [-0.05, 0) is 47.7 Å². The lowest BCUT2D eigenvalue weighted by molar-refractivity contribution is -0.138. The van der Waals surface area contributed by atoms with Crippen LogP contribution in [0.5, 0.6) is 0 Å². The van der Waals surface area contributed by atoms with Crippen LogP contribution < -0.4 is 27.4 Å².